The maximum atomic E-state index is 5.48. The molecule has 1 unspecified atom stereocenters. The van der Waals surface area contributed by atoms with Crippen molar-refractivity contribution in [2.75, 3.05) is 5.88 Å². The largest absolute Gasteiger partial charge is 0.265 e. The number of pyridine rings is 1. The normalized spacial score (nSPS) is 11.3. The summed E-state index contributed by atoms with van der Waals surface area (Å²) in [5.74, 6) is 1.63. The molecule has 1 heterocycles. The van der Waals surface area contributed by atoms with Gasteiger partial charge in [0.15, 0.2) is 0 Å². The minimum absolute atomic E-state index is 0.814. The fourth-order valence-corrected chi connectivity index (χ4v) is 1.08. The molecule has 1 atom stereocenters. The molecule has 1 rings (SSSR count). The van der Waals surface area contributed by atoms with E-state index in [-0.39, 0.29) is 0 Å². The number of hydrogen-bond donors (Lipinski definition) is 0. The van der Waals surface area contributed by atoms with Crippen LogP contribution >= 0.6 is 11.6 Å². The van der Waals surface area contributed by atoms with Crippen LogP contribution in [-0.2, 0) is 0 Å². The van der Waals surface area contributed by atoms with Crippen LogP contribution in [0, 0.1) is 5.92 Å². The van der Waals surface area contributed by atoms with Crippen LogP contribution in [0.25, 0.3) is 0 Å². The molecule has 74 valence electrons. The lowest BCUT2D eigenvalue weighted by molar-refractivity contribution is 0.547. The molecule has 2 heteroatoms. The van der Waals surface area contributed by atoms with Gasteiger partial charge in [0.1, 0.15) is 0 Å². The average Bonchev–Trinajstić information content (AvgIpc) is 2.22. The molecule has 0 spiro atoms. The van der Waals surface area contributed by atoms with Gasteiger partial charge in [-0.05, 0) is 24.5 Å². The molecule has 0 saturated heterocycles. The molecular formula is C11H18ClN. The second-order valence-corrected chi connectivity index (χ2v) is 3.39. The minimum atomic E-state index is 0.814. The third kappa shape index (κ3) is 9.35. The van der Waals surface area contributed by atoms with Gasteiger partial charge in [-0.2, -0.15) is 0 Å². The lowest BCUT2D eigenvalue weighted by Gasteiger charge is -2.01. The van der Waals surface area contributed by atoms with Gasteiger partial charge in [-0.15, -0.1) is 11.6 Å². The Bertz CT molecular complexity index is 150. The molecule has 0 aliphatic carbocycles. The van der Waals surface area contributed by atoms with E-state index in [1.54, 1.807) is 12.4 Å². The molecule has 0 fully saturated rings. The summed E-state index contributed by atoms with van der Waals surface area (Å²) in [4.78, 5) is 3.78. The fraction of sp³-hybridized carbons (Fsp3) is 0.545. The van der Waals surface area contributed by atoms with Crippen molar-refractivity contribution in [3.8, 4) is 0 Å². The summed E-state index contributed by atoms with van der Waals surface area (Å²) in [5.41, 5.74) is 0. The van der Waals surface area contributed by atoms with E-state index in [0.717, 1.165) is 18.2 Å². The molecule has 1 nitrogen and oxygen atoms in total. The summed E-state index contributed by atoms with van der Waals surface area (Å²) in [5, 5.41) is 0. The summed E-state index contributed by atoms with van der Waals surface area (Å²) < 4.78 is 0. The molecular weight excluding hydrogens is 182 g/mol. The first-order chi connectivity index (χ1) is 6.31. The van der Waals surface area contributed by atoms with Gasteiger partial charge in [0.05, 0.1) is 0 Å². The second kappa shape index (κ2) is 9.53. The van der Waals surface area contributed by atoms with Crippen molar-refractivity contribution in [2.24, 2.45) is 5.92 Å². The van der Waals surface area contributed by atoms with Crippen molar-refractivity contribution in [3.05, 3.63) is 30.6 Å². The molecule has 0 amide bonds. The van der Waals surface area contributed by atoms with Gasteiger partial charge in [-0.1, -0.05) is 26.3 Å². The van der Waals surface area contributed by atoms with Crippen molar-refractivity contribution < 1.29 is 0 Å². The first kappa shape index (κ1) is 12.4. The Balaban J connectivity index is 0.000000223. The first-order valence-electron chi connectivity index (χ1n) is 4.72. The van der Waals surface area contributed by atoms with Crippen LogP contribution in [0.4, 0.5) is 0 Å². The molecule has 0 aliphatic heterocycles. The number of halogens is 1. The van der Waals surface area contributed by atoms with Gasteiger partial charge < -0.3 is 0 Å². The predicted molar refractivity (Wildman–Crippen MR) is 59.0 cm³/mol. The van der Waals surface area contributed by atoms with E-state index in [2.05, 4.69) is 18.8 Å². The van der Waals surface area contributed by atoms with E-state index in [0.29, 0.717) is 0 Å². The van der Waals surface area contributed by atoms with Crippen LogP contribution in [0.3, 0.4) is 0 Å². The van der Waals surface area contributed by atoms with Gasteiger partial charge >= 0.3 is 0 Å². The molecule has 0 N–H and O–H groups in total. The predicted octanol–water partition coefficient (Wildman–Crippen LogP) is 3.74. The Morgan fingerprint density at radius 2 is 1.85 bits per heavy atom. The van der Waals surface area contributed by atoms with Gasteiger partial charge in [0.25, 0.3) is 0 Å². The summed E-state index contributed by atoms with van der Waals surface area (Å²) in [6, 6.07) is 5.72. The number of aromatic nitrogens is 1. The molecule has 1 aromatic heterocycles. The SMILES string of the molecule is CCC(C)CCCl.c1ccncc1. The maximum Gasteiger partial charge on any atom is 0.0267 e. The van der Waals surface area contributed by atoms with Crippen LogP contribution in [0.2, 0.25) is 0 Å². The van der Waals surface area contributed by atoms with E-state index in [1.807, 2.05) is 18.2 Å². The summed E-state index contributed by atoms with van der Waals surface area (Å²) in [6.07, 6.45) is 5.92. The van der Waals surface area contributed by atoms with E-state index in [9.17, 15) is 0 Å². The Morgan fingerprint density at radius 1 is 1.23 bits per heavy atom. The number of hydrogen-bond acceptors (Lipinski definition) is 1. The molecule has 0 aromatic carbocycles. The minimum Gasteiger partial charge on any atom is -0.265 e. The zero-order valence-corrected chi connectivity index (χ0v) is 9.17. The van der Waals surface area contributed by atoms with Crippen molar-refractivity contribution in [1.29, 1.82) is 0 Å². The number of rotatable bonds is 3. The van der Waals surface area contributed by atoms with Gasteiger partial charge in [0, 0.05) is 18.3 Å². The second-order valence-electron chi connectivity index (χ2n) is 3.02. The highest BCUT2D eigenvalue weighted by Crippen LogP contribution is 2.05. The number of nitrogens with zero attached hydrogens (tertiary/aromatic N) is 1. The summed E-state index contributed by atoms with van der Waals surface area (Å²) >= 11 is 5.48. The van der Waals surface area contributed by atoms with E-state index in [4.69, 9.17) is 11.6 Å². The Labute approximate surface area is 86.1 Å². The monoisotopic (exact) mass is 199 g/mol. The zero-order valence-electron chi connectivity index (χ0n) is 8.41. The van der Waals surface area contributed by atoms with Crippen LogP contribution in [0.1, 0.15) is 26.7 Å². The fourth-order valence-electron chi connectivity index (χ4n) is 0.703. The highest BCUT2D eigenvalue weighted by Gasteiger charge is 1.93. The molecule has 1 aromatic rings. The van der Waals surface area contributed by atoms with E-state index in [1.165, 1.54) is 6.42 Å². The zero-order chi connectivity index (χ0) is 9.94. The summed E-state index contributed by atoms with van der Waals surface area (Å²) in [7, 11) is 0. The Kier molecular flexibility index (Phi) is 9.12. The van der Waals surface area contributed by atoms with Crippen molar-refractivity contribution in [1.82, 2.24) is 4.98 Å². The highest BCUT2D eigenvalue weighted by atomic mass is 35.5. The quantitative estimate of drug-likeness (QED) is 0.676. The summed E-state index contributed by atoms with van der Waals surface area (Å²) in [6.45, 7) is 4.42. The van der Waals surface area contributed by atoms with Crippen molar-refractivity contribution in [2.45, 2.75) is 26.7 Å². The molecule has 0 aliphatic rings. The van der Waals surface area contributed by atoms with E-state index < -0.39 is 0 Å². The average molecular weight is 200 g/mol. The first-order valence-corrected chi connectivity index (χ1v) is 5.25. The van der Waals surface area contributed by atoms with Crippen LogP contribution in [0.5, 0.6) is 0 Å². The molecule has 0 saturated carbocycles. The molecule has 13 heavy (non-hydrogen) atoms. The van der Waals surface area contributed by atoms with Crippen molar-refractivity contribution in [3.63, 3.8) is 0 Å². The standard InChI is InChI=1S/C6H13Cl.C5H5N/c1-3-6(2)4-5-7;1-2-4-6-5-3-1/h6H,3-5H2,1-2H3;1-5H. The molecule has 0 bridgehead atoms. The Morgan fingerprint density at radius 3 is 2.00 bits per heavy atom. The smallest absolute Gasteiger partial charge is 0.0267 e. The lowest BCUT2D eigenvalue weighted by Crippen LogP contribution is -1.90. The Hall–Kier alpha value is -0.560. The van der Waals surface area contributed by atoms with Gasteiger partial charge in [-0.3, -0.25) is 4.98 Å². The van der Waals surface area contributed by atoms with E-state index >= 15 is 0 Å². The topological polar surface area (TPSA) is 12.9 Å². The van der Waals surface area contributed by atoms with Crippen LogP contribution < -0.4 is 0 Å². The van der Waals surface area contributed by atoms with Gasteiger partial charge in [0.2, 0.25) is 0 Å². The third-order valence-corrected chi connectivity index (χ3v) is 2.08. The van der Waals surface area contributed by atoms with Gasteiger partial charge in [-0.25, -0.2) is 0 Å². The molecule has 0 radical (unpaired) electrons. The van der Waals surface area contributed by atoms with Crippen molar-refractivity contribution >= 4 is 11.6 Å². The van der Waals surface area contributed by atoms with Crippen LogP contribution in [0.15, 0.2) is 30.6 Å². The highest BCUT2D eigenvalue weighted by molar-refractivity contribution is 6.17. The number of alkyl halides is 1. The van der Waals surface area contributed by atoms with Crippen LogP contribution in [-0.4, -0.2) is 10.9 Å². The maximum absolute atomic E-state index is 5.48. The third-order valence-electron chi connectivity index (χ3n) is 1.87. The lowest BCUT2D eigenvalue weighted by atomic mass is 10.1.